The van der Waals surface area contributed by atoms with Crippen LogP contribution < -0.4 is 0 Å². The molecule has 5 nitrogen and oxygen atoms in total. The van der Waals surface area contributed by atoms with Gasteiger partial charge in [0, 0.05) is 37.0 Å². The Kier molecular flexibility index (Phi) is 5.60. The average molecular weight is 410 g/mol. The van der Waals surface area contributed by atoms with Crippen LogP contribution in [0.3, 0.4) is 0 Å². The van der Waals surface area contributed by atoms with Gasteiger partial charge in [-0.1, -0.05) is 24.3 Å². The number of hydrogen-bond acceptors (Lipinski definition) is 3. The highest BCUT2D eigenvalue weighted by molar-refractivity contribution is 5.94. The standard InChI is InChI=1S/C24H28FN3O2/c1-16-6-4-5-7-20(16)23-21-14-27(22(29)15-26(2)3)12-18(21)13-28(23)24(30)17-8-10-19(25)11-9-17/h4-11,18,21,23H,12-15H2,1-3H3/t18-,21-,23+/m0/s1. The number of nitrogens with zero attached hydrogens (tertiary/aromatic N) is 3. The highest BCUT2D eigenvalue weighted by Crippen LogP contribution is 2.46. The second-order valence-electron chi connectivity index (χ2n) is 8.73. The third-order valence-electron chi connectivity index (χ3n) is 6.33. The number of halogens is 1. The summed E-state index contributed by atoms with van der Waals surface area (Å²) in [5, 5.41) is 0. The van der Waals surface area contributed by atoms with Gasteiger partial charge in [-0.15, -0.1) is 0 Å². The van der Waals surface area contributed by atoms with E-state index in [1.54, 1.807) is 12.1 Å². The number of amides is 2. The second kappa shape index (κ2) is 8.19. The third-order valence-corrected chi connectivity index (χ3v) is 6.33. The molecule has 2 heterocycles. The van der Waals surface area contributed by atoms with Gasteiger partial charge in [0.05, 0.1) is 12.6 Å². The van der Waals surface area contributed by atoms with Gasteiger partial charge in [0.1, 0.15) is 5.82 Å². The number of aryl methyl sites for hydroxylation is 1. The molecule has 158 valence electrons. The zero-order valence-electron chi connectivity index (χ0n) is 17.7. The molecule has 0 aromatic heterocycles. The van der Waals surface area contributed by atoms with Crippen LogP contribution in [0.4, 0.5) is 4.39 Å². The maximum absolute atomic E-state index is 13.4. The topological polar surface area (TPSA) is 43.9 Å². The van der Waals surface area contributed by atoms with Crippen molar-refractivity contribution in [3.05, 3.63) is 71.0 Å². The Balaban J connectivity index is 1.64. The fourth-order valence-corrected chi connectivity index (χ4v) is 4.90. The highest BCUT2D eigenvalue weighted by Gasteiger charge is 2.50. The van der Waals surface area contributed by atoms with Gasteiger partial charge in [0.2, 0.25) is 5.91 Å². The SMILES string of the molecule is Cc1ccccc1[C@@H]1[C@H]2CN(C(=O)CN(C)C)C[C@H]2CN1C(=O)c1ccc(F)cc1. The van der Waals surface area contributed by atoms with Gasteiger partial charge < -0.3 is 14.7 Å². The smallest absolute Gasteiger partial charge is 0.254 e. The Morgan fingerprint density at radius 3 is 2.40 bits per heavy atom. The van der Waals surface area contributed by atoms with Crippen molar-refractivity contribution in [3.8, 4) is 0 Å². The molecule has 0 spiro atoms. The molecule has 2 aromatic rings. The van der Waals surface area contributed by atoms with E-state index in [4.69, 9.17) is 0 Å². The molecule has 2 saturated heterocycles. The van der Waals surface area contributed by atoms with Crippen molar-refractivity contribution in [3.63, 3.8) is 0 Å². The zero-order chi connectivity index (χ0) is 21.4. The highest BCUT2D eigenvalue weighted by atomic mass is 19.1. The minimum atomic E-state index is -0.352. The van der Waals surface area contributed by atoms with Gasteiger partial charge in [-0.25, -0.2) is 4.39 Å². The second-order valence-corrected chi connectivity index (χ2v) is 8.73. The minimum absolute atomic E-state index is 0.0798. The van der Waals surface area contributed by atoms with Crippen LogP contribution in [0, 0.1) is 24.6 Å². The molecule has 0 aliphatic carbocycles. The predicted molar refractivity (Wildman–Crippen MR) is 113 cm³/mol. The van der Waals surface area contributed by atoms with Gasteiger partial charge in [0.25, 0.3) is 5.91 Å². The van der Waals surface area contributed by atoms with Gasteiger partial charge in [-0.3, -0.25) is 9.59 Å². The number of likely N-dealkylation sites (tertiary alicyclic amines) is 2. The molecule has 2 aromatic carbocycles. The summed E-state index contributed by atoms with van der Waals surface area (Å²) in [5.74, 6) is 0.139. The molecule has 0 radical (unpaired) electrons. The van der Waals surface area contributed by atoms with Gasteiger partial charge in [-0.05, 0) is 56.4 Å². The third kappa shape index (κ3) is 3.84. The molecule has 30 heavy (non-hydrogen) atoms. The number of benzene rings is 2. The molecular formula is C24H28FN3O2. The van der Waals surface area contributed by atoms with Gasteiger partial charge in [0.15, 0.2) is 0 Å². The van der Waals surface area contributed by atoms with Crippen molar-refractivity contribution in [2.75, 3.05) is 40.3 Å². The maximum Gasteiger partial charge on any atom is 0.254 e. The molecule has 2 aliphatic heterocycles. The van der Waals surface area contributed by atoms with Crippen LogP contribution >= 0.6 is 0 Å². The Morgan fingerprint density at radius 1 is 1.03 bits per heavy atom. The largest absolute Gasteiger partial charge is 0.341 e. The first kappa shape index (κ1) is 20.5. The molecule has 6 heteroatoms. The lowest BCUT2D eigenvalue weighted by atomic mass is 9.87. The summed E-state index contributed by atoms with van der Waals surface area (Å²) in [6.45, 7) is 4.39. The van der Waals surface area contributed by atoms with E-state index in [9.17, 15) is 14.0 Å². The van der Waals surface area contributed by atoms with E-state index < -0.39 is 0 Å². The van der Waals surface area contributed by atoms with Crippen LogP contribution in [0.2, 0.25) is 0 Å². The maximum atomic E-state index is 13.4. The summed E-state index contributed by atoms with van der Waals surface area (Å²) in [6, 6.07) is 13.8. The van der Waals surface area contributed by atoms with Gasteiger partial charge >= 0.3 is 0 Å². The van der Waals surface area contributed by atoms with E-state index in [1.807, 2.05) is 40.9 Å². The number of carbonyl (C=O) groups excluding carboxylic acids is 2. The minimum Gasteiger partial charge on any atom is -0.341 e. The number of likely N-dealkylation sites (N-methyl/N-ethyl adjacent to an activating group) is 1. The first-order valence-electron chi connectivity index (χ1n) is 10.4. The fraction of sp³-hybridized carbons (Fsp3) is 0.417. The summed E-state index contributed by atoms with van der Waals surface area (Å²) in [5.41, 5.74) is 2.76. The van der Waals surface area contributed by atoms with Crippen molar-refractivity contribution < 1.29 is 14.0 Å². The Bertz CT molecular complexity index is 944. The van der Waals surface area contributed by atoms with E-state index in [0.717, 1.165) is 11.1 Å². The molecule has 3 atom stereocenters. The number of hydrogen-bond donors (Lipinski definition) is 0. The molecule has 0 bridgehead atoms. The summed E-state index contributed by atoms with van der Waals surface area (Å²) in [6.07, 6.45) is 0. The first-order chi connectivity index (χ1) is 14.3. The van der Waals surface area contributed by atoms with E-state index in [2.05, 4.69) is 19.1 Å². The molecule has 0 saturated carbocycles. The van der Waals surface area contributed by atoms with Crippen LogP contribution in [0.1, 0.15) is 27.5 Å². The molecule has 2 amide bonds. The molecule has 0 unspecified atom stereocenters. The molecular weight excluding hydrogens is 381 g/mol. The van der Waals surface area contributed by atoms with Crippen LogP contribution in [0.25, 0.3) is 0 Å². The molecule has 2 fully saturated rings. The van der Waals surface area contributed by atoms with Crippen molar-refractivity contribution in [1.82, 2.24) is 14.7 Å². The summed E-state index contributed by atoms with van der Waals surface area (Å²) in [7, 11) is 3.79. The Labute approximate surface area is 177 Å². The zero-order valence-corrected chi connectivity index (χ0v) is 17.7. The summed E-state index contributed by atoms with van der Waals surface area (Å²) < 4.78 is 13.4. The quantitative estimate of drug-likeness (QED) is 0.780. The van der Waals surface area contributed by atoms with Crippen LogP contribution in [0.15, 0.2) is 48.5 Å². The number of carbonyl (C=O) groups is 2. The lowest BCUT2D eigenvalue weighted by Crippen LogP contribution is -2.40. The molecule has 2 aliphatic rings. The summed E-state index contributed by atoms with van der Waals surface area (Å²) in [4.78, 5) is 31.8. The van der Waals surface area contributed by atoms with Crippen LogP contribution in [-0.2, 0) is 4.79 Å². The lowest BCUT2D eigenvalue weighted by molar-refractivity contribution is -0.131. The van der Waals surface area contributed by atoms with Crippen molar-refractivity contribution in [2.24, 2.45) is 11.8 Å². The number of fused-ring (bicyclic) bond motifs is 1. The monoisotopic (exact) mass is 409 g/mol. The molecule has 4 rings (SSSR count). The van der Waals surface area contributed by atoms with E-state index in [1.165, 1.54) is 12.1 Å². The normalized spacial score (nSPS) is 23.2. The average Bonchev–Trinajstić information content (AvgIpc) is 3.26. The van der Waals surface area contributed by atoms with Crippen LogP contribution in [-0.4, -0.2) is 66.8 Å². The fourth-order valence-electron chi connectivity index (χ4n) is 4.90. The number of rotatable bonds is 4. The van der Waals surface area contributed by atoms with Crippen molar-refractivity contribution in [2.45, 2.75) is 13.0 Å². The lowest BCUT2D eigenvalue weighted by Gasteiger charge is -2.31. The van der Waals surface area contributed by atoms with Crippen molar-refractivity contribution >= 4 is 11.8 Å². The van der Waals surface area contributed by atoms with Crippen molar-refractivity contribution in [1.29, 1.82) is 0 Å². The van der Waals surface area contributed by atoms with Crippen LogP contribution in [0.5, 0.6) is 0 Å². The van der Waals surface area contributed by atoms with E-state index >= 15 is 0 Å². The van der Waals surface area contributed by atoms with Gasteiger partial charge in [-0.2, -0.15) is 0 Å². The predicted octanol–water partition coefficient (Wildman–Crippen LogP) is 2.97. The summed E-state index contributed by atoms with van der Waals surface area (Å²) >= 11 is 0. The first-order valence-corrected chi connectivity index (χ1v) is 10.4. The molecule has 0 N–H and O–H groups in total. The Hall–Kier alpha value is -2.73. The Morgan fingerprint density at radius 2 is 1.73 bits per heavy atom. The van der Waals surface area contributed by atoms with E-state index in [0.29, 0.717) is 31.7 Å². The van der Waals surface area contributed by atoms with E-state index in [-0.39, 0.29) is 35.5 Å².